The van der Waals surface area contributed by atoms with Crippen molar-refractivity contribution >= 4 is 22.6 Å². The predicted molar refractivity (Wildman–Crippen MR) is 79.8 cm³/mol. The van der Waals surface area contributed by atoms with E-state index in [9.17, 15) is 0 Å². The van der Waals surface area contributed by atoms with Crippen LogP contribution in [0.15, 0.2) is 12.1 Å². The second-order valence-corrected chi connectivity index (χ2v) is 5.47. The maximum absolute atomic E-state index is 6.07. The van der Waals surface area contributed by atoms with Gasteiger partial charge in [0.2, 0.25) is 0 Å². The molecular weight excluding hydrogens is 276 g/mol. The lowest BCUT2D eigenvalue weighted by Crippen LogP contribution is -2.01. The lowest BCUT2D eigenvalue weighted by molar-refractivity contribution is 0.355. The van der Waals surface area contributed by atoms with E-state index in [1.54, 1.807) is 14.2 Å². The normalized spacial score (nSPS) is 21.2. The predicted octanol–water partition coefficient (Wildman–Crippen LogP) is 3.76. The summed E-state index contributed by atoms with van der Waals surface area (Å²) in [6.45, 7) is 2.23. The monoisotopic (exact) mass is 294 g/mol. The topological polar surface area (TPSA) is 36.3 Å². The molecule has 2 atom stereocenters. The van der Waals surface area contributed by atoms with Gasteiger partial charge in [0.1, 0.15) is 5.82 Å². The number of methoxy groups -OCH3 is 2. The number of rotatable bonds is 5. The number of benzene rings is 1. The first kappa shape index (κ1) is 13.6. The molecule has 3 rings (SSSR count). The zero-order valence-electron chi connectivity index (χ0n) is 12.0. The highest BCUT2D eigenvalue weighted by Gasteiger charge is 2.39. The Morgan fingerprint density at radius 3 is 2.55 bits per heavy atom. The molecule has 2 unspecified atom stereocenters. The Labute approximate surface area is 123 Å². The van der Waals surface area contributed by atoms with Crippen molar-refractivity contribution in [3.63, 3.8) is 0 Å². The molecule has 4 nitrogen and oxygen atoms in total. The minimum absolute atomic E-state index is 0.423. The van der Waals surface area contributed by atoms with Crippen LogP contribution in [-0.4, -0.2) is 23.8 Å². The van der Waals surface area contributed by atoms with Crippen molar-refractivity contribution in [2.45, 2.75) is 31.7 Å². The first-order valence-electron chi connectivity index (χ1n) is 6.92. The van der Waals surface area contributed by atoms with Crippen molar-refractivity contribution < 1.29 is 9.47 Å². The third-order valence-corrected chi connectivity index (χ3v) is 4.37. The minimum atomic E-state index is 0.423. The van der Waals surface area contributed by atoms with E-state index in [0.717, 1.165) is 28.5 Å². The molecule has 0 spiro atoms. The summed E-state index contributed by atoms with van der Waals surface area (Å²) in [6.07, 6.45) is 2.40. The maximum Gasteiger partial charge on any atom is 0.163 e. The second kappa shape index (κ2) is 5.17. The first-order chi connectivity index (χ1) is 9.73. The average molecular weight is 295 g/mol. The minimum Gasteiger partial charge on any atom is -0.493 e. The number of aromatic nitrogens is 2. The molecule has 1 aromatic carbocycles. The van der Waals surface area contributed by atoms with Gasteiger partial charge in [0.25, 0.3) is 0 Å². The van der Waals surface area contributed by atoms with Crippen LogP contribution in [0.25, 0.3) is 11.0 Å². The molecule has 108 valence electrons. The Hall–Kier alpha value is -1.42. The molecule has 1 aromatic heterocycles. The average Bonchev–Trinajstić information content (AvgIpc) is 3.18. The van der Waals surface area contributed by atoms with Crippen molar-refractivity contribution in [1.82, 2.24) is 9.55 Å². The zero-order chi connectivity index (χ0) is 14.3. The number of hydrogen-bond donors (Lipinski definition) is 0. The fraction of sp³-hybridized carbons (Fsp3) is 0.533. The quantitative estimate of drug-likeness (QED) is 0.788. The van der Waals surface area contributed by atoms with Gasteiger partial charge < -0.3 is 14.0 Å². The maximum atomic E-state index is 6.07. The smallest absolute Gasteiger partial charge is 0.163 e. The fourth-order valence-corrected chi connectivity index (χ4v) is 3.11. The zero-order valence-corrected chi connectivity index (χ0v) is 12.8. The van der Waals surface area contributed by atoms with E-state index < -0.39 is 0 Å². The Morgan fingerprint density at radius 2 is 2.00 bits per heavy atom. The summed E-state index contributed by atoms with van der Waals surface area (Å²) >= 11 is 6.07. The molecule has 1 aliphatic rings. The second-order valence-electron chi connectivity index (χ2n) is 5.20. The molecule has 1 saturated carbocycles. The molecule has 1 heterocycles. The van der Waals surface area contributed by atoms with Crippen molar-refractivity contribution in [3.05, 3.63) is 18.0 Å². The number of fused-ring (bicyclic) bond motifs is 1. The van der Waals surface area contributed by atoms with Gasteiger partial charge in [0, 0.05) is 18.2 Å². The van der Waals surface area contributed by atoms with Crippen LogP contribution in [0.2, 0.25) is 0 Å². The lowest BCUT2D eigenvalue weighted by atomic mass is 10.2. The Morgan fingerprint density at radius 1 is 1.30 bits per heavy atom. The van der Waals surface area contributed by atoms with Gasteiger partial charge in [-0.25, -0.2) is 4.98 Å². The highest BCUT2D eigenvalue weighted by molar-refractivity contribution is 6.16. The Kier molecular flexibility index (Phi) is 3.50. The third kappa shape index (κ3) is 2.03. The number of hydrogen-bond acceptors (Lipinski definition) is 3. The molecule has 2 aromatic rings. The number of imidazole rings is 1. The van der Waals surface area contributed by atoms with E-state index in [0.29, 0.717) is 17.7 Å². The number of alkyl halides is 1. The fourth-order valence-electron chi connectivity index (χ4n) is 2.92. The molecule has 0 radical (unpaired) electrons. The Bertz CT molecular complexity index is 638. The summed E-state index contributed by atoms with van der Waals surface area (Å²) in [6, 6.07) is 4.45. The molecule has 1 aliphatic carbocycles. The van der Waals surface area contributed by atoms with Crippen LogP contribution in [0.1, 0.15) is 31.6 Å². The molecule has 1 fully saturated rings. The number of ether oxygens (including phenoxy) is 2. The van der Waals surface area contributed by atoms with Gasteiger partial charge in [-0.2, -0.15) is 0 Å². The number of halogens is 1. The van der Waals surface area contributed by atoms with Crippen LogP contribution < -0.4 is 9.47 Å². The standard InChI is InChI=1S/C15H19ClN2O2/c1-4-9-5-11(9)18-12-7-14(20-3)13(19-2)6-10(12)17-15(18)8-16/h6-7,9,11H,4-5,8H2,1-3H3. The summed E-state index contributed by atoms with van der Waals surface area (Å²) in [7, 11) is 3.29. The van der Waals surface area contributed by atoms with Crippen molar-refractivity contribution in [2.75, 3.05) is 14.2 Å². The lowest BCUT2D eigenvalue weighted by Gasteiger charge is -2.10. The molecule has 20 heavy (non-hydrogen) atoms. The SMILES string of the molecule is CCC1CC1n1c(CCl)nc2cc(OC)c(OC)cc21. The van der Waals surface area contributed by atoms with E-state index in [1.165, 1.54) is 12.8 Å². The van der Waals surface area contributed by atoms with Crippen LogP contribution >= 0.6 is 11.6 Å². The molecule has 0 saturated heterocycles. The van der Waals surface area contributed by atoms with Crippen molar-refractivity contribution in [2.24, 2.45) is 5.92 Å². The summed E-state index contributed by atoms with van der Waals surface area (Å²) < 4.78 is 13.0. The van der Waals surface area contributed by atoms with Crippen LogP contribution in [0.5, 0.6) is 11.5 Å². The van der Waals surface area contributed by atoms with Gasteiger partial charge in [-0.1, -0.05) is 13.3 Å². The summed E-state index contributed by atoms with van der Waals surface area (Å²) in [5.74, 6) is 3.52. The van der Waals surface area contributed by atoms with E-state index in [2.05, 4.69) is 16.5 Å². The van der Waals surface area contributed by atoms with Gasteiger partial charge in [-0.15, -0.1) is 11.6 Å². The highest BCUT2D eigenvalue weighted by Crippen LogP contribution is 2.48. The van der Waals surface area contributed by atoms with E-state index in [-0.39, 0.29) is 0 Å². The van der Waals surface area contributed by atoms with Gasteiger partial charge >= 0.3 is 0 Å². The summed E-state index contributed by atoms with van der Waals surface area (Å²) in [5, 5.41) is 0. The van der Waals surface area contributed by atoms with Crippen LogP contribution in [0.4, 0.5) is 0 Å². The summed E-state index contributed by atoms with van der Waals surface area (Å²) in [4.78, 5) is 4.64. The highest BCUT2D eigenvalue weighted by atomic mass is 35.5. The van der Waals surface area contributed by atoms with Crippen molar-refractivity contribution in [1.29, 1.82) is 0 Å². The van der Waals surface area contributed by atoms with E-state index in [4.69, 9.17) is 21.1 Å². The van der Waals surface area contributed by atoms with Crippen LogP contribution in [0.3, 0.4) is 0 Å². The van der Waals surface area contributed by atoms with E-state index >= 15 is 0 Å². The molecule has 5 heteroatoms. The largest absolute Gasteiger partial charge is 0.493 e. The molecule has 0 bridgehead atoms. The van der Waals surface area contributed by atoms with E-state index in [1.807, 2.05) is 12.1 Å². The molecule has 0 aliphatic heterocycles. The first-order valence-corrected chi connectivity index (χ1v) is 7.45. The van der Waals surface area contributed by atoms with Gasteiger partial charge in [0.15, 0.2) is 11.5 Å². The van der Waals surface area contributed by atoms with Crippen molar-refractivity contribution in [3.8, 4) is 11.5 Å². The van der Waals surface area contributed by atoms with Crippen LogP contribution in [0, 0.1) is 5.92 Å². The van der Waals surface area contributed by atoms with Crippen LogP contribution in [-0.2, 0) is 5.88 Å². The van der Waals surface area contributed by atoms with Gasteiger partial charge in [0.05, 0.1) is 31.1 Å². The molecule has 0 N–H and O–H groups in total. The van der Waals surface area contributed by atoms with Gasteiger partial charge in [-0.3, -0.25) is 0 Å². The van der Waals surface area contributed by atoms with Gasteiger partial charge in [-0.05, 0) is 12.3 Å². The summed E-state index contributed by atoms with van der Waals surface area (Å²) in [5.41, 5.74) is 2.00. The molecular formula is C15H19ClN2O2. The Balaban J connectivity index is 2.17. The third-order valence-electron chi connectivity index (χ3n) is 4.13. The number of nitrogens with zero attached hydrogens (tertiary/aromatic N) is 2. The molecule has 0 amide bonds.